The Hall–Kier alpha value is -2.56. The van der Waals surface area contributed by atoms with E-state index in [4.69, 9.17) is 18.9 Å². The van der Waals surface area contributed by atoms with E-state index in [1.807, 2.05) is 37.2 Å². The average Bonchev–Trinajstić information content (AvgIpc) is 3.10. The molecular weight excluding hydrogens is 682 g/mol. The molecule has 17 nitrogen and oxygen atoms in total. The molecule has 0 aromatic heterocycles. The molecule has 2 saturated heterocycles. The third-order valence-electron chi connectivity index (χ3n) is 8.67. The van der Waals surface area contributed by atoms with Crippen molar-refractivity contribution in [2.75, 3.05) is 51.9 Å². The van der Waals surface area contributed by atoms with Crippen LogP contribution in [0.3, 0.4) is 0 Å². The Balaban J connectivity index is 1.14. The van der Waals surface area contributed by atoms with Crippen molar-refractivity contribution in [2.45, 2.75) is 92.0 Å². The van der Waals surface area contributed by atoms with E-state index in [0.29, 0.717) is 24.6 Å². The summed E-state index contributed by atoms with van der Waals surface area (Å²) in [7, 11) is 0.0350. The molecule has 0 aliphatic carbocycles. The van der Waals surface area contributed by atoms with Gasteiger partial charge in [-0.1, -0.05) is 30.7 Å². The third kappa shape index (κ3) is 9.65. The smallest absolute Gasteiger partial charge is 0.241 e. The molecule has 2 aromatic rings. The van der Waals surface area contributed by atoms with Gasteiger partial charge in [-0.2, -0.15) is 0 Å². The fraction of sp³-hybridized carbons (Fsp3) is 0.656. The second-order valence-corrected chi connectivity index (χ2v) is 14.2. The van der Waals surface area contributed by atoms with Gasteiger partial charge in [0.1, 0.15) is 48.8 Å². The van der Waals surface area contributed by atoms with Gasteiger partial charge in [-0.15, -0.1) is 0 Å². The lowest BCUT2D eigenvalue weighted by Gasteiger charge is -2.45. The Morgan fingerprint density at radius 3 is 2.16 bits per heavy atom. The molecule has 9 N–H and O–H groups in total. The third-order valence-corrected chi connectivity index (χ3v) is 10.2. The highest BCUT2D eigenvalue weighted by atomic mass is 32.2. The van der Waals surface area contributed by atoms with Crippen molar-refractivity contribution in [2.24, 2.45) is 0 Å². The number of rotatable bonds is 17. The number of nitrogens with zero attached hydrogens (tertiary/aromatic N) is 1. The van der Waals surface area contributed by atoms with Gasteiger partial charge in [0.15, 0.2) is 12.6 Å². The van der Waals surface area contributed by atoms with Crippen LogP contribution in [-0.4, -0.2) is 158 Å². The second kappa shape index (κ2) is 18.3. The van der Waals surface area contributed by atoms with Crippen LogP contribution < -0.4 is 14.9 Å². The predicted molar refractivity (Wildman–Crippen MR) is 177 cm³/mol. The average molecular weight is 732 g/mol. The Bertz CT molecular complexity index is 1500. The molecular formula is C32H49N3O14S. The predicted octanol–water partition coefficient (Wildman–Crippen LogP) is -2.50. The molecule has 0 spiro atoms. The van der Waals surface area contributed by atoms with Crippen molar-refractivity contribution in [1.82, 2.24) is 10.0 Å². The first kappa shape index (κ1) is 40.2. The van der Waals surface area contributed by atoms with E-state index in [1.165, 1.54) is 0 Å². The Labute approximate surface area is 290 Å². The highest BCUT2D eigenvalue weighted by molar-refractivity contribution is 7.89. The van der Waals surface area contributed by atoms with Crippen LogP contribution in [0.25, 0.3) is 10.8 Å². The molecule has 4 rings (SSSR count). The normalized spacial score (nSPS) is 30.3. The number of unbranched alkanes of at least 4 members (excludes halogenated alkanes) is 2. The minimum atomic E-state index is -3.76. The first-order chi connectivity index (χ1) is 23.8. The number of aliphatic hydroxyl groups excluding tert-OH is 7. The quantitative estimate of drug-likeness (QED) is 0.0763. The number of hydrogen-bond acceptors (Lipinski definition) is 15. The van der Waals surface area contributed by atoms with Crippen LogP contribution >= 0.6 is 0 Å². The summed E-state index contributed by atoms with van der Waals surface area (Å²) < 4.78 is 50.6. The number of benzene rings is 2. The van der Waals surface area contributed by atoms with Crippen LogP contribution in [0.1, 0.15) is 25.7 Å². The number of hydrogen-bond donors (Lipinski definition) is 9. The summed E-state index contributed by atoms with van der Waals surface area (Å²) in [6, 6.07) is 10.7. The highest BCUT2D eigenvalue weighted by Crippen LogP contribution is 2.31. The zero-order valence-corrected chi connectivity index (χ0v) is 28.8. The fourth-order valence-electron chi connectivity index (χ4n) is 5.91. The van der Waals surface area contributed by atoms with E-state index in [1.54, 1.807) is 18.2 Å². The molecule has 0 radical (unpaired) electrons. The summed E-state index contributed by atoms with van der Waals surface area (Å²) in [4.78, 5) is 14.4. The molecule has 2 aliphatic rings. The summed E-state index contributed by atoms with van der Waals surface area (Å²) in [6.07, 6.45) is -13.8. The number of amides is 1. The molecule has 2 aromatic carbocycles. The molecule has 50 heavy (non-hydrogen) atoms. The number of sulfonamides is 1. The molecule has 0 unspecified atom stereocenters. The Morgan fingerprint density at radius 2 is 1.46 bits per heavy atom. The van der Waals surface area contributed by atoms with Crippen LogP contribution in [0.5, 0.6) is 0 Å². The first-order valence-electron chi connectivity index (χ1n) is 16.5. The van der Waals surface area contributed by atoms with Crippen LogP contribution in [0.2, 0.25) is 0 Å². The van der Waals surface area contributed by atoms with Crippen molar-refractivity contribution < 1.29 is 67.9 Å². The SMILES string of the molecule is CN(C)c1cccc2c(S(=O)(=O)NCCCCCC(=O)NCCO[C@@H]3O[C@H](CO)[C@H](O[C@H]4O[C@H](CO)[C@H](O)[C@H](O)[C@H]4O)[C@H](O)[C@H]3O)cccc12. The van der Waals surface area contributed by atoms with Crippen LogP contribution in [0.4, 0.5) is 5.69 Å². The van der Waals surface area contributed by atoms with Crippen LogP contribution in [0.15, 0.2) is 41.3 Å². The number of nitrogens with one attached hydrogen (secondary N) is 2. The van der Waals surface area contributed by atoms with Gasteiger partial charge in [0.25, 0.3) is 0 Å². The molecule has 2 fully saturated rings. The highest BCUT2D eigenvalue weighted by Gasteiger charge is 2.50. The number of aliphatic hydroxyl groups is 7. The van der Waals surface area contributed by atoms with Gasteiger partial charge in [-0.3, -0.25) is 4.79 Å². The monoisotopic (exact) mass is 731 g/mol. The standard InChI is InChI=1S/C32H49N3O14S/c1-35(2)20-10-6-9-19-18(20)8-7-11-23(19)50(44,45)34-13-5-3-4-12-24(38)33-14-15-46-31-29(43)27(41)30(22(17-37)48-31)49-32-28(42)26(40)25(39)21(16-36)47-32/h6-11,21-22,25-32,34,36-37,39-43H,3-5,12-17H2,1-2H3,(H,33,38)/t21-,22-,25+,26+,27-,28-,29-,30+,31-,32-/m1/s1. The fourth-order valence-corrected chi connectivity index (χ4v) is 7.20. The van der Waals surface area contributed by atoms with Crippen molar-refractivity contribution in [1.29, 1.82) is 0 Å². The molecule has 2 aliphatic heterocycles. The van der Waals surface area contributed by atoms with E-state index >= 15 is 0 Å². The molecule has 0 saturated carbocycles. The van der Waals surface area contributed by atoms with Gasteiger partial charge in [0.2, 0.25) is 15.9 Å². The maximum atomic E-state index is 13.1. The van der Waals surface area contributed by atoms with Crippen molar-refractivity contribution in [3.05, 3.63) is 36.4 Å². The van der Waals surface area contributed by atoms with E-state index in [9.17, 15) is 49.0 Å². The van der Waals surface area contributed by atoms with E-state index < -0.39 is 84.6 Å². The zero-order chi connectivity index (χ0) is 36.6. The van der Waals surface area contributed by atoms with E-state index in [-0.39, 0.29) is 36.9 Å². The van der Waals surface area contributed by atoms with Crippen molar-refractivity contribution in [3.63, 3.8) is 0 Å². The Morgan fingerprint density at radius 1 is 0.800 bits per heavy atom. The van der Waals surface area contributed by atoms with Crippen LogP contribution in [0, 0.1) is 0 Å². The maximum Gasteiger partial charge on any atom is 0.241 e. The molecule has 2 heterocycles. The van der Waals surface area contributed by atoms with Gasteiger partial charge in [-0.05, 0) is 25.0 Å². The minimum absolute atomic E-state index is 0.0382. The summed E-state index contributed by atoms with van der Waals surface area (Å²) in [6.45, 7) is -1.29. The van der Waals surface area contributed by atoms with Crippen LogP contribution in [-0.2, 0) is 33.8 Å². The number of fused-ring (bicyclic) bond motifs is 1. The number of ether oxygens (including phenoxy) is 4. The second-order valence-electron chi connectivity index (χ2n) is 12.5. The number of anilines is 1. The summed E-state index contributed by atoms with van der Waals surface area (Å²) in [5.41, 5.74) is 0.912. The molecule has 0 bridgehead atoms. The topological polar surface area (TPSA) is 257 Å². The summed E-state index contributed by atoms with van der Waals surface area (Å²) in [5.74, 6) is -0.270. The van der Waals surface area contributed by atoms with Crippen molar-refractivity contribution >= 4 is 32.4 Å². The molecule has 282 valence electrons. The largest absolute Gasteiger partial charge is 0.394 e. The van der Waals surface area contributed by atoms with Gasteiger partial charge in [0.05, 0.1) is 24.7 Å². The number of carbonyl (C=O) groups excluding carboxylic acids is 1. The lowest BCUT2D eigenvalue weighted by molar-refractivity contribution is -0.359. The summed E-state index contributed by atoms with van der Waals surface area (Å²) >= 11 is 0. The first-order valence-corrected chi connectivity index (χ1v) is 17.9. The lowest BCUT2D eigenvalue weighted by Crippen LogP contribution is -2.64. The van der Waals surface area contributed by atoms with E-state index in [0.717, 1.165) is 11.1 Å². The molecule has 18 heteroatoms. The van der Waals surface area contributed by atoms with Gasteiger partial charge in [0, 0.05) is 50.1 Å². The van der Waals surface area contributed by atoms with Gasteiger partial charge >= 0.3 is 0 Å². The maximum absolute atomic E-state index is 13.1. The molecule has 1 amide bonds. The number of carbonyl (C=O) groups is 1. The lowest BCUT2D eigenvalue weighted by atomic mass is 9.97. The summed E-state index contributed by atoms with van der Waals surface area (Å²) in [5, 5.41) is 74.8. The Kier molecular flexibility index (Phi) is 14.7. The van der Waals surface area contributed by atoms with Gasteiger partial charge in [-0.25, -0.2) is 13.1 Å². The minimum Gasteiger partial charge on any atom is -0.394 e. The van der Waals surface area contributed by atoms with E-state index in [2.05, 4.69) is 10.0 Å². The zero-order valence-electron chi connectivity index (χ0n) is 27.9. The van der Waals surface area contributed by atoms with Crippen molar-refractivity contribution in [3.8, 4) is 0 Å². The molecule has 10 atom stereocenters. The van der Waals surface area contributed by atoms with Gasteiger partial charge < -0.3 is 64.9 Å².